The van der Waals surface area contributed by atoms with Crippen LogP contribution in [0, 0.1) is 12.8 Å². The highest BCUT2D eigenvalue weighted by molar-refractivity contribution is 7.89. The van der Waals surface area contributed by atoms with Crippen LogP contribution in [0.1, 0.15) is 43.6 Å². The lowest BCUT2D eigenvalue weighted by Gasteiger charge is -2.20. The maximum atomic E-state index is 12.7. The molecule has 8 heteroatoms. The summed E-state index contributed by atoms with van der Waals surface area (Å²) >= 11 is 0. The van der Waals surface area contributed by atoms with E-state index in [2.05, 4.69) is 5.32 Å². The number of amides is 1. The molecule has 0 saturated heterocycles. The number of nitrogens with one attached hydrogen (secondary N) is 1. The van der Waals surface area contributed by atoms with E-state index in [1.54, 1.807) is 26.8 Å². The summed E-state index contributed by atoms with van der Waals surface area (Å²) in [5.74, 6) is -0.838. The Hall–Kier alpha value is -1.93. The van der Waals surface area contributed by atoms with Gasteiger partial charge in [0, 0.05) is 19.6 Å². The molecule has 0 radical (unpaired) electrons. The van der Waals surface area contributed by atoms with Gasteiger partial charge in [0.05, 0.1) is 10.5 Å². The molecule has 1 rings (SSSR count). The van der Waals surface area contributed by atoms with Crippen LogP contribution in [0.5, 0.6) is 0 Å². The minimum Gasteiger partial charge on any atom is -0.452 e. The van der Waals surface area contributed by atoms with E-state index < -0.39 is 28.5 Å². The first-order chi connectivity index (χ1) is 12.1. The molecule has 0 aliphatic carbocycles. The molecule has 7 nitrogen and oxygen atoms in total. The summed E-state index contributed by atoms with van der Waals surface area (Å²) in [6, 6.07) is 4.36. The van der Waals surface area contributed by atoms with E-state index in [1.165, 1.54) is 16.4 Å². The Morgan fingerprint density at radius 3 is 2.35 bits per heavy atom. The molecule has 26 heavy (non-hydrogen) atoms. The number of hydrogen-bond acceptors (Lipinski definition) is 5. The van der Waals surface area contributed by atoms with Gasteiger partial charge in [0.1, 0.15) is 0 Å². The number of carbonyl (C=O) groups is 2. The average Bonchev–Trinajstić information content (AvgIpc) is 2.58. The molecule has 1 aromatic rings. The SMILES string of the molecule is CCN(CC)S(=O)(=O)c1cc(C(=O)OCC(=O)NCC(C)C)ccc1C. The molecule has 146 valence electrons. The Morgan fingerprint density at radius 1 is 1.19 bits per heavy atom. The second kappa shape index (κ2) is 9.68. The predicted molar refractivity (Wildman–Crippen MR) is 99.4 cm³/mol. The van der Waals surface area contributed by atoms with E-state index in [1.807, 2.05) is 13.8 Å². The lowest BCUT2D eigenvalue weighted by molar-refractivity contribution is -0.124. The van der Waals surface area contributed by atoms with E-state index in [4.69, 9.17) is 4.74 Å². The lowest BCUT2D eigenvalue weighted by Crippen LogP contribution is -2.32. The zero-order chi connectivity index (χ0) is 19.9. The number of rotatable bonds is 9. The van der Waals surface area contributed by atoms with E-state index >= 15 is 0 Å². The van der Waals surface area contributed by atoms with Gasteiger partial charge in [-0.25, -0.2) is 13.2 Å². The van der Waals surface area contributed by atoms with Gasteiger partial charge in [-0.3, -0.25) is 4.79 Å². The molecule has 0 unspecified atom stereocenters. The van der Waals surface area contributed by atoms with Gasteiger partial charge in [-0.05, 0) is 30.5 Å². The van der Waals surface area contributed by atoms with Crippen LogP contribution >= 0.6 is 0 Å². The standard InChI is InChI=1S/C18H28N2O5S/c1-6-20(7-2)26(23,24)16-10-15(9-8-14(16)5)18(22)25-12-17(21)19-11-13(3)4/h8-10,13H,6-7,11-12H2,1-5H3,(H,19,21). The second-order valence-corrected chi connectivity index (χ2v) is 8.25. The van der Waals surface area contributed by atoms with Crippen molar-refractivity contribution >= 4 is 21.9 Å². The Kier molecular flexibility index (Phi) is 8.23. The van der Waals surface area contributed by atoms with Gasteiger partial charge < -0.3 is 10.1 Å². The number of benzene rings is 1. The third kappa shape index (κ3) is 5.81. The van der Waals surface area contributed by atoms with Crippen molar-refractivity contribution in [3.05, 3.63) is 29.3 Å². The molecule has 0 aromatic heterocycles. The maximum Gasteiger partial charge on any atom is 0.338 e. The monoisotopic (exact) mass is 384 g/mol. The first-order valence-corrected chi connectivity index (χ1v) is 10.1. The summed E-state index contributed by atoms with van der Waals surface area (Å²) in [6.07, 6.45) is 0. The molecule has 0 fully saturated rings. The van der Waals surface area contributed by atoms with Crippen molar-refractivity contribution in [2.75, 3.05) is 26.2 Å². The Morgan fingerprint density at radius 2 is 1.81 bits per heavy atom. The van der Waals surface area contributed by atoms with Crippen LogP contribution in [0.3, 0.4) is 0 Å². The van der Waals surface area contributed by atoms with E-state index in [0.717, 1.165) is 0 Å². The third-order valence-corrected chi connectivity index (χ3v) is 5.98. The van der Waals surface area contributed by atoms with Crippen LogP contribution in [0.2, 0.25) is 0 Å². The molecule has 0 saturated carbocycles. The van der Waals surface area contributed by atoms with Crippen molar-refractivity contribution in [3.63, 3.8) is 0 Å². The summed E-state index contributed by atoms with van der Waals surface area (Å²) in [4.78, 5) is 23.9. The van der Waals surface area contributed by atoms with Gasteiger partial charge in [-0.1, -0.05) is 33.8 Å². The first-order valence-electron chi connectivity index (χ1n) is 8.68. The van der Waals surface area contributed by atoms with Crippen LogP contribution in [0.25, 0.3) is 0 Å². The molecule has 0 aliphatic rings. The van der Waals surface area contributed by atoms with Gasteiger partial charge in [0.2, 0.25) is 10.0 Å². The second-order valence-electron chi connectivity index (χ2n) is 6.34. The zero-order valence-corrected chi connectivity index (χ0v) is 16.9. The fraction of sp³-hybridized carbons (Fsp3) is 0.556. The fourth-order valence-corrected chi connectivity index (χ4v) is 4.00. The minimum absolute atomic E-state index is 0.0694. The number of esters is 1. The van der Waals surface area contributed by atoms with Crippen molar-refractivity contribution in [1.82, 2.24) is 9.62 Å². The number of hydrogen-bond donors (Lipinski definition) is 1. The van der Waals surface area contributed by atoms with Crippen LogP contribution in [-0.2, 0) is 19.6 Å². The summed E-state index contributed by atoms with van der Waals surface area (Å²) in [5.41, 5.74) is 0.640. The number of sulfonamides is 1. The Bertz CT molecular complexity index is 740. The largest absolute Gasteiger partial charge is 0.452 e. The van der Waals surface area contributed by atoms with E-state index in [0.29, 0.717) is 31.1 Å². The van der Waals surface area contributed by atoms with Gasteiger partial charge >= 0.3 is 5.97 Å². The quantitative estimate of drug-likeness (QED) is 0.657. The van der Waals surface area contributed by atoms with E-state index in [-0.39, 0.29) is 10.5 Å². The van der Waals surface area contributed by atoms with Crippen LogP contribution in [0.4, 0.5) is 0 Å². The fourth-order valence-electron chi connectivity index (χ4n) is 2.29. The molecule has 0 atom stereocenters. The topological polar surface area (TPSA) is 92.8 Å². The minimum atomic E-state index is -3.69. The van der Waals surface area contributed by atoms with Gasteiger partial charge in [0.15, 0.2) is 6.61 Å². The summed E-state index contributed by atoms with van der Waals surface area (Å²) < 4.78 is 31.7. The molecule has 1 amide bonds. The van der Waals surface area contributed by atoms with Crippen molar-refractivity contribution in [1.29, 1.82) is 0 Å². The average molecular weight is 384 g/mol. The van der Waals surface area contributed by atoms with Gasteiger partial charge in [0.25, 0.3) is 5.91 Å². The third-order valence-electron chi connectivity index (χ3n) is 3.79. The number of carbonyl (C=O) groups excluding carboxylic acids is 2. The number of ether oxygens (including phenoxy) is 1. The van der Waals surface area contributed by atoms with Crippen LogP contribution < -0.4 is 5.32 Å². The van der Waals surface area contributed by atoms with Crippen molar-refractivity contribution in [3.8, 4) is 0 Å². The Balaban J connectivity index is 2.92. The highest BCUT2D eigenvalue weighted by Crippen LogP contribution is 2.21. The van der Waals surface area contributed by atoms with Crippen LogP contribution in [-0.4, -0.2) is 50.8 Å². The molecule has 0 bridgehead atoms. The Labute approximate surface area is 155 Å². The first kappa shape index (κ1) is 22.1. The number of nitrogens with zero attached hydrogens (tertiary/aromatic N) is 1. The van der Waals surface area contributed by atoms with Gasteiger partial charge in [-0.2, -0.15) is 4.31 Å². The highest BCUT2D eigenvalue weighted by Gasteiger charge is 2.25. The summed E-state index contributed by atoms with van der Waals surface area (Å²) in [5, 5.41) is 2.65. The molecule has 0 aliphatic heterocycles. The zero-order valence-electron chi connectivity index (χ0n) is 16.0. The van der Waals surface area contributed by atoms with Crippen molar-refractivity contribution < 1.29 is 22.7 Å². The molecule has 0 heterocycles. The highest BCUT2D eigenvalue weighted by atomic mass is 32.2. The van der Waals surface area contributed by atoms with E-state index in [9.17, 15) is 18.0 Å². The summed E-state index contributed by atoms with van der Waals surface area (Å²) in [6.45, 7) is 9.85. The molecular weight excluding hydrogens is 356 g/mol. The molecule has 1 N–H and O–H groups in total. The number of aryl methyl sites for hydroxylation is 1. The normalized spacial score (nSPS) is 11.7. The summed E-state index contributed by atoms with van der Waals surface area (Å²) in [7, 11) is -3.69. The molecule has 0 spiro atoms. The van der Waals surface area contributed by atoms with Crippen molar-refractivity contribution in [2.24, 2.45) is 5.92 Å². The maximum absolute atomic E-state index is 12.7. The molecular formula is C18H28N2O5S. The molecule has 1 aromatic carbocycles. The smallest absolute Gasteiger partial charge is 0.338 e. The predicted octanol–water partition coefficient (Wildman–Crippen LogP) is 1.95. The van der Waals surface area contributed by atoms with Crippen molar-refractivity contribution in [2.45, 2.75) is 39.5 Å². The van der Waals surface area contributed by atoms with Gasteiger partial charge in [-0.15, -0.1) is 0 Å². The van der Waals surface area contributed by atoms with Crippen LogP contribution in [0.15, 0.2) is 23.1 Å². The lowest BCUT2D eigenvalue weighted by atomic mass is 10.1.